The molecule has 0 N–H and O–H groups in total. The van der Waals surface area contributed by atoms with Crippen LogP contribution in [0.25, 0.3) is 0 Å². The molecule has 1 aromatic heterocycles. The van der Waals surface area contributed by atoms with Gasteiger partial charge in [0.1, 0.15) is 5.82 Å². The van der Waals surface area contributed by atoms with Gasteiger partial charge in [-0.15, -0.1) is 11.8 Å². The maximum atomic E-state index is 13.6. The van der Waals surface area contributed by atoms with Crippen LogP contribution >= 0.6 is 23.4 Å². The summed E-state index contributed by atoms with van der Waals surface area (Å²) in [5.74, 6) is 0.0992. The van der Waals surface area contributed by atoms with Gasteiger partial charge in [-0.2, -0.15) is 5.26 Å². The van der Waals surface area contributed by atoms with E-state index in [4.69, 9.17) is 16.9 Å². The second-order valence-corrected chi connectivity index (χ2v) is 4.95. The highest BCUT2D eigenvalue weighted by atomic mass is 35.5. The van der Waals surface area contributed by atoms with Crippen molar-refractivity contribution in [3.8, 4) is 6.07 Å². The Kier molecular flexibility index (Phi) is 4.19. The Morgan fingerprint density at radius 1 is 1.33 bits per heavy atom. The van der Waals surface area contributed by atoms with Crippen LogP contribution in [-0.2, 0) is 5.75 Å². The van der Waals surface area contributed by atoms with E-state index in [1.807, 2.05) is 6.07 Å². The Morgan fingerprint density at radius 2 is 2.17 bits per heavy atom. The van der Waals surface area contributed by atoms with Crippen LogP contribution in [0.5, 0.6) is 0 Å². The third-order valence-electron chi connectivity index (χ3n) is 2.26. The fourth-order valence-corrected chi connectivity index (χ4v) is 2.27. The van der Waals surface area contributed by atoms with Crippen molar-refractivity contribution in [2.45, 2.75) is 10.8 Å². The lowest BCUT2D eigenvalue weighted by molar-refractivity contribution is 0.617. The topological polar surface area (TPSA) is 36.7 Å². The van der Waals surface area contributed by atoms with Crippen molar-refractivity contribution >= 4 is 23.4 Å². The Hall–Kier alpha value is -1.57. The fourth-order valence-electron chi connectivity index (χ4n) is 1.33. The van der Waals surface area contributed by atoms with Gasteiger partial charge in [-0.05, 0) is 29.8 Å². The molecule has 0 atom stereocenters. The van der Waals surface area contributed by atoms with E-state index < -0.39 is 0 Å². The first-order valence-electron chi connectivity index (χ1n) is 5.12. The molecule has 1 heterocycles. The van der Waals surface area contributed by atoms with Crippen molar-refractivity contribution in [3.63, 3.8) is 0 Å². The zero-order valence-electron chi connectivity index (χ0n) is 9.23. The molecule has 1 aromatic carbocycles. The first-order chi connectivity index (χ1) is 8.69. The third-order valence-corrected chi connectivity index (χ3v) is 3.47. The normalized spacial score (nSPS) is 10.1. The molecule has 0 aliphatic carbocycles. The van der Waals surface area contributed by atoms with Crippen LogP contribution in [-0.4, -0.2) is 4.98 Å². The number of nitriles is 1. The Bertz CT molecular complexity index is 593. The molecule has 0 amide bonds. The number of aromatic nitrogens is 1. The van der Waals surface area contributed by atoms with Crippen LogP contribution in [0.1, 0.15) is 11.1 Å². The number of thioether (sulfide) groups is 1. The van der Waals surface area contributed by atoms with Gasteiger partial charge in [0.15, 0.2) is 0 Å². The van der Waals surface area contributed by atoms with Crippen molar-refractivity contribution in [1.82, 2.24) is 4.98 Å². The molecule has 0 radical (unpaired) electrons. The van der Waals surface area contributed by atoms with Crippen molar-refractivity contribution in [2.24, 2.45) is 0 Å². The summed E-state index contributed by atoms with van der Waals surface area (Å²) >= 11 is 7.14. The lowest BCUT2D eigenvalue weighted by atomic mass is 10.1. The van der Waals surface area contributed by atoms with Gasteiger partial charge in [-0.3, -0.25) is 0 Å². The first-order valence-corrected chi connectivity index (χ1v) is 6.48. The number of hydrogen-bond acceptors (Lipinski definition) is 3. The van der Waals surface area contributed by atoms with E-state index in [0.29, 0.717) is 21.9 Å². The summed E-state index contributed by atoms with van der Waals surface area (Å²) < 4.78 is 13.6. The van der Waals surface area contributed by atoms with Crippen molar-refractivity contribution in [2.75, 3.05) is 0 Å². The predicted molar refractivity (Wildman–Crippen MR) is 69.9 cm³/mol. The van der Waals surface area contributed by atoms with Crippen molar-refractivity contribution < 1.29 is 4.39 Å². The SMILES string of the molecule is N#Cc1ccc(CSc2ccc(Cl)cn2)c(F)c1. The van der Waals surface area contributed by atoms with E-state index in [9.17, 15) is 4.39 Å². The molecule has 2 rings (SSSR count). The molecule has 18 heavy (non-hydrogen) atoms. The Morgan fingerprint density at radius 3 is 2.78 bits per heavy atom. The van der Waals surface area contributed by atoms with Crippen LogP contribution < -0.4 is 0 Å². The van der Waals surface area contributed by atoms with Crippen LogP contribution in [0.3, 0.4) is 0 Å². The van der Waals surface area contributed by atoms with E-state index in [1.165, 1.54) is 17.8 Å². The predicted octanol–water partition coefficient (Wildman–Crippen LogP) is 4.04. The van der Waals surface area contributed by atoms with E-state index in [2.05, 4.69) is 4.98 Å². The highest BCUT2D eigenvalue weighted by molar-refractivity contribution is 7.98. The fraction of sp³-hybridized carbons (Fsp3) is 0.0769. The van der Waals surface area contributed by atoms with Crippen LogP contribution in [0.4, 0.5) is 4.39 Å². The second kappa shape index (κ2) is 5.85. The number of hydrogen-bond donors (Lipinski definition) is 0. The number of rotatable bonds is 3. The van der Waals surface area contributed by atoms with E-state index in [0.717, 1.165) is 5.03 Å². The standard InChI is InChI=1S/C13H8ClFN2S/c14-11-3-4-13(17-7-11)18-8-10-2-1-9(6-16)5-12(10)15/h1-5,7H,8H2. The Labute approximate surface area is 113 Å². The van der Waals surface area contributed by atoms with Gasteiger partial charge in [0.2, 0.25) is 0 Å². The summed E-state index contributed by atoms with van der Waals surface area (Å²) in [6.45, 7) is 0. The largest absolute Gasteiger partial charge is 0.248 e. The average Bonchev–Trinajstić information content (AvgIpc) is 2.39. The summed E-state index contributed by atoms with van der Waals surface area (Å²) in [5.41, 5.74) is 0.876. The molecular formula is C13H8ClFN2S. The molecule has 0 aliphatic heterocycles. The molecule has 2 aromatic rings. The van der Waals surface area contributed by atoms with Gasteiger partial charge in [-0.1, -0.05) is 17.7 Å². The summed E-state index contributed by atoms with van der Waals surface area (Å²) in [7, 11) is 0. The monoisotopic (exact) mass is 278 g/mol. The minimum absolute atomic E-state index is 0.325. The molecule has 2 nitrogen and oxygen atoms in total. The maximum Gasteiger partial charge on any atom is 0.128 e. The minimum Gasteiger partial charge on any atom is -0.248 e. The highest BCUT2D eigenvalue weighted by Gasteiger charge is 2.05. The van der Waals surface area contributed by atoms with Gasteiger partial charge in [-0.25, -0.2) is 9.37 Å². The summed E-state index contributed by atoms with van der Waals surface area (Å²) in [6.07, 6.45) is 1.55. The van der Waals surface area contributed by atoms with Crippen molar-refractivity contribution in [3.05, 3.63) is 58.5 Å². The van der Waals surface area contributed by atoms with Crippen molar-refractivity contribution in [1.29, 1.82) is 5.26 Å². The molecule has 0 aliphatic rings. The van der Waals surface area contributed by atoms with Crippen LogP contribution in [0, 0.1) is 17.1 Å². The molecule has 0 bridgehead atoms. The van der Waals surface area contributed by atoms with Crippen LogP contribution in [0.2, 0.25) is 5.02 Å². The lowest BCUT2D eigenvalue weighted by Gasteiger charge is -2.03. The number of nitrogens with zero attached hydrogens (tertiary/aromatic N) is 2. The quantitative estimate of drug-likeness (QED) is 0.795. The molecule has 0 spiro atoms. The number of benzene rings is 1. The lowest BCUT2D eigenvalue weighted by Crippen LogP contribution is -1.89. The molecular weight excluding hydrogens is 271 g/mol. The van der Waals surface area contributed by atoms with Gasteiger partial charge >= 0.3 is 0 Å². The van der Waals surface area contributed by atoms with Gasteiger partial charge in [0.05, 0.1) is 21.7 Å². The van der Waals surface area contributed by atoms with Gasteiger partial charge < -0.3 is 0 Å². The molecule has 90 valence electrons. The third kappa shape index (κ3) is 3.22. The number of pyridine rings is 1. The average molecular weight is 279 g/mol. The Balaban J connectivity index is 2.06. The molecule has 0 unspecified atom stereocenters. The van der Waals surface area contributed by atoms with E-state index in [-0.39, 0.29) is 5.82 Å². The van der Waals surface area contributed by atoms with E-state index in [1.54, 1.807) is 30.5 Å². The molecule has 0 fully saturated rings. The summed E-state index contributed by atoms with van der Waals surface area (Å²) in [4.78, 5) is 4.11. The number of halogens is 2. The van der Waals surface area contributed by atoms with Crippen LogP contribution in [0.15, 0.2) is 41.6 Å². The zero-order valence-corrected chi connectivity index (χ0v) is 10.8. The molecule has 0 saturated heterocycles. The minimum atomic E-state index is -0.365. The second-order valence-electron chi connectivity index (χ2n) is 3.52. The first kappa shape index (κ1) is 12.9. The summed E-state index contributed by atoms with van der Waals surface area (Å²) in [5, 5.41) is 10.00. The van der Waals surface area contributed by atoms with E-state index >= 15 is 0 Å². The van der Waals surface area contributed by atoms with Gasteiger partial charge in [0.25, 0.3) is 0 Å². The maximum absolute atomic E-state index is 13.6. The summed E-state index contributed by atoms with van der Waals surface area (Å²) in [6, 6.07) is 9.90. The van der Waals surface area contributed by atoms with Gasteiger partial charge in [0, 0.05) is 11.9 Å². The molecule has 5 heteroatoms. The zero-order chi connectivity index (χ0) is 13.0. The smallest absolute Gasteiger partial charge is 0.128 e. The molecule has 0 saturated carbocycles. The highest BCUT2D eigenvalue weighted by Crippen LogP contribution is 2.23.